The molecule has 4 nitrogen and oxygen atoms in total. The van der Waals surface area contributed by atoms with Gasteiger partial charge in [0.1, 0.15) is 0 Å². The molecule has 2 unspecified atom stereocenters. The molecule has 1 heterocycles. The van der Waals surface area contributed by atoms with Gasteiger partial charge in [0.25, 0.3) is 0 Å². The Labute approximate surface area is 126 Å². The van der Waals surface area contributed by atoms with Crippen LogP contribution in [-0.2, 0) is 0 Å². The smallest absolute Gasteiger partial charge is 0.230 e. The van der Waals surface area contributed by atoms with E-state index in [4.69, 9.17) is 10.3 Å². The predicted molar refractivity (Wildman–Crippen MR) is 81.3 cm³/mol. The Bertz CT molecular complexity index is 611. The molecular formula is C15H18BrN3O. The highest BCUT2D eigenvalue weighted by atomic mass is 79.9. The molecule has 0 saturated heterocycles. The first-order valence-electron chi connectivity index (χ1n) is 6.99. The fraction of sp³-hybridized carbons (Fsp3) is 0.467. The van der Waals surface area contributed by atoms with Gasteiger partial charge < -0.3 is 10.3 Å². The second kappa shape index (κ2) is 5.66. The monoisotopic (exact) mass is 335 g/mol. The summed E-state index contributed by atoms with van der Waals surface area (Å²) in [5, 5.41) is 4.12. The average molecular weight is 336 g/mol. The number of hydrogen-bond acceptors (Lipinski definition) is 4. The Hall–Kier alpha value is -1.20. The van der Waals surface area contributed by atoms with Gasteiger partial charge in [0, 0.05) is 16.0 Å². The highest BCUT2D eigenvalue weighted by molar-refractivity contribution is 9.10. The number of nitrogens with two attached hydrogens (primary N) is 1. The van der Waals surface area contributed by atoms with Gasteiger partial charge >= 0.3 is 0 Å². The molecule has 0 aliphatic heterocycles. The van der Waals surface area contributed by atoms with Crippen molar-refractivity contribution in [1.82, 2.24) is 10.1 Å². The number of rotatable bonds is 3. The van der Waals surface area contributed by atoms with E-state index in [2.05, 4.69) is 33.0 Å². The highest BCUT2D eigenvalue weighted by Gasteiger charge is 2.32. The molecule has 0 radical (unpaired) electrons. The van der Waals surface area contributed by atoms with Gasteiger partial charge in [0.15, 0.2) is 0 Å². The van der Waals surface area contributed by atoms with E-state index >= 15 is 0 Å². The van der Waals surface area contributed by atoms with Gasteiger partial charge in [-0.2, -0.15) is 4.98 Å². The summed E-state index contributed by atoms with van der Waals surface area (Å²) in [6, 6.07) is 6.09. The van der Waals surface area contributed by atoms with E-state index in [1.165, 1.54) is 12.0 Å². The summed E-state index contributed by atoms with van der Waals surface area (Å²) in [7, 11) is 0. The van der Waals surface area contributed by atoms with Gasteiger partial charge in [0.05, 0.1) is 0 Å². The Kier molecular flexibility index (Phi) is 3.89. The lowest BCUT2D eigenvalue weighted by Gasteiger charge is -2.12. The number of benzene rings is 1. The van der Waals surface area contributed by atoms with E-state index in [0.717, 1.165) is 28.8 Å². The van der Waals surface area contributed by atoms with Gasteiger partial charge in [-0.05, 0) is 43.9 Å². The number of hydrogen-bond donors (Lipinski definition) is 1. The summed E-state index contributed by atoms with van der Waals surface area (Å²) in [6.07, 6.45) is 3.45. The fourth-order valence-corrected chi connectivity index (χ4v) is 3.26. The van der Waals surface area contributed by atoms with Gasteiger partial charge in [-0.3, -0.25) is 0 Å². The molecule has 0 bridgehead atoms. The molecule has 5 heteroatoms. The van der Waals surface area contributed by atoms with Crippen molar-refractivity contribution in [1.29, 1.82) is 0 Å². The van der Waals surface area contributed by atoms with Crippen LogP contribution in [0.15, 0.2) is 27.2 Å². The number of aryl methyl sites for hydroxylation is 1. The lowest BCUT2D eigenvalue weighted by atomic mass is 9.96. The molecule has 1 saturated carbocycles. The second-order valence-electron chi connectivity index (χ2n) is 5.45. The zero-order valence-corrected chi connectivity index (χ0v) is 13.1. The Balaban J connectivity index is 1.88. The topological polar surface area (TPSA) is 64.9 Å². The molecule has 20 heavy (non-hydrogen) atoms. The predicted octanol–water partition coefficient (Wildman–Crippen LogP) is 3.65. The molecule has 1 aromatic carbocycles. The zero-order valence-electron chi connectivity index (χ0n) is 11.5. The lowest BCUT2D eigenvalue weighted by Crippen LogP contribution is -2.17. The molecule has 0 spiro atoms. The van der Waals surface area contributed by atoms with Crippen LogP contribution in [0.4, 0.5) is 0 Å². The van der Waals surface area contributed by atoms with E-state index in [1.54, 1.807) is 0 Å². The lowest BCUT2D eigenvalue weighted by molar-refractivity contribution is 0.326. The van der Waals surface area contributed by atoms with Crippen LogP contribution in [0.1, 0.15) is 36.6 Å². The van der Waals surface area contributed by atoms with E-state index in [1.807, 2.05) is 18.2 Å². The van der Waals surface area contributed by atoms with Crippen LogP contribution in [-0.4, -0.2) is 16.7 Å². The van der Waals surface area contributed by atoms with Crippen LogP contribution in [0.5, 0.6) is 0 Å². The quantitative estimate of drug-likeness (QED) is 0.929. The summed E-state index contributed by atoms with van der Waals surface area (Å²) < 4.78 is 6.53. The minimum atomic E-state index is 0.329. The molecule has 2 atom stereocenters. The number of aromatic nitrogens is 2. The molecular weight excluding hydrogens is 318 g/mol. The van der Waals surface area contributed by atoms with Gasteiger partial charge in [-0.15, -0.1) is 0 Å². The standard InChI is InChI=1S/C15H18BrN3O/c1-9-5-6-10(7-13(9)16)14-18-15(20-19-14)12-4-2-3-11(12)8-17/h5-7,11-12H,2-4,8,17H2,1H3. The number of nitrogens with zero attached hydrogens (tertiary/aromatic N) is 2. The van der Waals surface area contributed by atoms with E-state index in [-0.39, 0.29) is 0 Å². The van der Waals surface area contributed by atoms with E-state index < -0.39 is 0 Å². The van der Waals surface area contributed by atoms with Crippen LogP contribution in [0.2, 0.25) is 0 Å². The summed E-state index contributed by atoms with van der Waals surface area (Å²) in [6.45, 7) is 2.75. The third kappa shape index (κ3) is 2.52. The molecule has 2 N–H and O–H groups in total. The van der Waals surface area contributed by atoms with Gasteiger partial charge in [-0.1, -0.05) is 39.6 Å². The van der Waals surface area contributed by atoms with Crippen molar-refractivity contribution in [2.75, 3.05) is 6.54 Å². The maximum absolute atomic E-state index is 5.82. The van der Waals surface area contributed by atoms with Crippen LogP contribution >= 0.6 is 15.9 Å². The van der Waals surface area contributed by atoms with E-state index in [0.29, 0.717) is 24.2 Å². The second-order valence-corrected chi connectivity index (χ2v) is 6.31. The van der Waals surface area contributed by atoms with Crippen molar-refractivity contribution in [3.63, 3.8) is 0 Å². The molecule has 2 aromatic rings. The molecule has 1 fully saturated rings. The maximum Gasteiger partial charge on any atom is 0.230 e. The molecule has 1 aliphatic rings. The zero-order chi connectivity index (χ0) is 14.1. The third-order valence-electron chi connectivity index (χ3n) is 4.15. The SMILES string of the molecule is Cc1ccc(-c2noc(C3CCCC3CN)n2)cc1Br. The summed E-state index contributed by atoms with van der Waals surface area (Å²) in [5.41, 5.74) is 7.98. The minimum absolute atomic E-state index is 0.329. The van der Waals surface area contributed by atoms with E-state index in [9.17, 15) is 0 Å². The van der Waals surface area contributed by atoms with Crippen LogP contribution < -0.4 is 5.73 Å². The van der Waals surface area contributed by atoms with Crippen LogP contribution in [0.25, 0.3) is 11.4 Å². The Morgan fingerprint density at radius 1 is 1.40 bits per heavy atom. The Morgan fingerprint density at radius 3 is 3.00 bits per heavy atom. The van der Waals surface area contributed by atoms with Gasteiger partial charge in [0.2, 0.25) is 11.7 Å². The molecule has 1 aromatic heterocycles. The first kappa shape index (κ1) is 13.8. The Morgan fingerprint density at radius 2 is 2.25 bits per heavy atom. The normalized spacial score (nSPS) is 22.4. The largest absolute Gasteiger partial charge is 0.339 e. The van der Waals surface area contributed by atoms with Crippen molar-refractivity contribution in [2.45, 2.75) is 32.1 Å². The fourth-order valence-electron chi connectivity index (χ4n) is 2.88. The van der Waals surface area contributed by atoms with Crippen LogP contribution in [0.3, 0.4) is 0 Å². The summed E-state index contributed by atoms with van der Waals surface area (Å²) in [4.78, 5) is 4.58. The number of halogens is 1. The average Bonchev–Trinajstić information content (AvgIpc) is 3.09. The van der Waals surface area contributed by atoms with Crippen molar-refractivity contribution >= 4 is 15.9 Å². The van der Waals surface area contributed by atoms with Crippen molar-refractivity contribution in [2.24, 2.45) is 11.7 Å². The molecule has 1 aliphatic carbocycles. The van der Waals surface area contributed by atoms with Gasteiger partial charge in [-0.25, -0.2) is 0 Å². The molecule has 0 amide bonds. The molecule has 3 rings (SSSR count). The minimum Gasteiger partial charge on any atom is -0.339 e. The summed E-state index contributed by atoms with van der Waals surface area (Å²) >= 11 is 3.53. The van der Waals surface area contributed by atoms with Crippen molar-refractivity contribution in [3.8, 4) is 11.4 Å². The van der Waals surface area contributed by atoms with Crippen molar-refractivity contribution in [3.05, 3.63) is 34.1 Å². The summed E-state index contributed by atoms with van der Waals surface area (Å²) in [5.74, 6) is 2.20. The van der Waals surface area contributed by atoms with Crippen molar-refractivity contribution < 1.29 is 4.52 Å². The first-order valence-corrected chi connectivity index (χ1v) is 7.78. The highest BCUT2D eigenvalue weighted by Crippen LogP contribution is 2.38. The molecule has 106 valence electrons. The first-order chi connectivity index (χ1) is 9.69. The third-order valence-corrected chi connectivity index (χ3v) is 5.01. The van der Waals surface area contributed by atoms with Crippen LogP contribution in [0, 0.1) is 12.8 Å². The maximum atomic E-state index is 5.82.